The van der Waals surface area contributed by atoms with Crippen molar-refractivity contribution in [1.82, 2.24) is 10.2 Å². The molecule has 1 heterocycles. The minimum atomic E-state index is 0.109. The van der Waals surface area contributed by atoms with E-state index in [9.17, 15) is 0 Å². The van der Waals surface area contributed by atoms with Gasteiger partial charge in [0.1, 0.15) is 0 Å². The molecule has 2 aromatic rings. The van der Waals surface area contributed by atoms with Crippen LogP contribution < -0.4 is 10.6 Å². The molecule has 0 aliphatic rings. The quantitative estimate of drug-likeness (QED) is 0.649. The molecule has 2 rings (SSSR count). The molecular weight excluding hydrogens is 238 g/mol. The first-order valence-corrected chi connectivity index (χ1v) is 6.28. The number of aryl methyl sites for hydroxylation is 1. The van der Waals surface area contributed by atoms with Crippen molar-refractivity contribution in [3.63, 3.8) is 0 Å². The average Bonchev–Trinajstić information content (AvgIpc) is 2.38. The lowest BCUT2D eigenvalue weighted by Crippen LogP contribution is -2.33. The summed E-state index contributed by atoms with van der Waals surface area (Å²) in [6, 6.07) is 8.20. The molecule has 0 amide bonds. The van der Waals surface area contributed by atoms with Crippen molar-refractivity contribution >= 4 is 22.4 Å². The van der Waals surface area contributed by atoms with Gasteiger partial charge in [0.25, 0.3) is 0 Å². The Bertz CT molecular complexity index is 608. The van der Waals surface area contributed by atoms with Crippen LogP contribution in [-0.2, 0) is 0 Å². The molecule has 0 aliphatic heterocycles. The Morgan fingerprint density at radius 3 is 2.58 bits per heavy atom. The van der Waals surface area contributed by atoms with Crippen LogP contribution in [-0.4, -0.2) is 29.1 Å². The molecular formula is C14H19N5. The summed E-state index contributed by atoms with van der Waals surface area (Å²) in [6.07, 6.45) is 0.514. The number of amidine groups is 1. The third kappa shape index (κ3) is 2.65. The summed E-state index contributed by atoms with van der Waals surface area (Å²) in [4.78, 5) is 2.02. The summed E-state index contributed by atoms with van der Waals surface area (Å²) in [5, 5.41) is 18.1. The standard InChI is InChI=1S/C14H19N5/c1-9(8-13(15)16)19(3)14-12-7-5-4-6-11(12)10(2)17-18-14/h4-7,9H,8H2,1-3H3,(H3,15,16). The lowest BCUT2D eigenvalue weighted by Gasteiger charge is -2.26. The SMILES string of the molecule is Cc1nnc(N(C)C(C)CC(=N)N)c2ccccc12. The number of benzene rings is 1. The van der Waals surface area contributed by atoms with Gasteiger partial charge in [-0.3, -0.25) is 5.41 Å². The molecule has 0 radical (unpaired) electrons. The van der Waals surface area contributed by atoms with Gasteiger partial charge in [0.05, 0.1) is 11.5 Å². The number of nitrogens with two attached hydrogens (primary N) is 1. The number of rotatable bonds is 4. The highest BCUT2D eigenvalue weighted by Gasteiger charge is 2.16. The highest BCUT2D eigenvalue weighted by atomic mass is 15.3. The molecule has 0 bridgehead atoms. The summed E-state index contributed by atoms with van der Waals surface area (Å²) in [5.41, 5.74) is 6.39. The number of fused-ring (bicyclic) bond motifs is 1. The summed E-state index contributed by atoms with van der Waals surface area (Å²) >= 11 is 0. The summed E-state index contributed by atoms with van der Waals surface area (Å²) in [5.74, 6) is 1.01. The van der Waals surface area contributed by atoms with Gasteiger partial charge in [0, 0.05) is 30.3 Å². The van der Waals surface area contributed by atoms with Crippen LogP contribution in [0.15, 0.2) is 24.3 Å². The van der Waals surface area contributed by atoms with Crippen LogP contribution in [0.3, 0.4) is 0 Å². The van der Waals surface area contributed by atoms with Gasteiger partial charge in [0.15, 0.2) is 5.82 Å². The van der Waals surface area contributed by atoms with Crippen molar-refractivity contribution in [3.05, 3.63) is 30.0 Å². The van der Waals surface area contributed by atoms with Crippen LogP contribution in [0.2, 0.25) is 0 Å². The first-order chi connectivity index (χ1) is 9.00. The molecule has 0 spiro atoms. The summed E-state index contributed by atoms with van der Waals surface area (Å²) < 4.78 is 0. The van der Waals surface area contributed by atoms with Gasteiger partial charge < -0.3 is 10.6 Å². The number of aromatic nitrogens is 2. The minimum absolute atomic E-state index is 0.109. The first-order valence-electron chi connectivity index (χ1n) is 6.28. The molecule has 1 aromatic carbocycles. The second kappa shape index (κ2) is 5.22. The van der Waals surface area contributed by atoms with Crippen LogP contribution in [0, 0.1) is 12.3 Å². The Labute approximate surface area is 112 Å². The van der Waals surface area contributed by atoms with Gasteiger partial charge >= 0.3 is 0 Å². The molecule has 0 saturated carbocycles. The van der Waals surface area contributed by atoms with E-state index < -0.39 is 0 Å². The van der Waals surface area contributed by atoms with E-state index >= 15 is 0 Å². The molecule has 1 unspecified atom stereocenters. The zero-order chi connectivity index (χ0) is 14.0. The molecule has 0 saturated heterocycles. The first kappa shape index (κ1) is 13.3. The maximum atomic E-state index is 7.39. The molecule has 5 nitrogen and oxygen atoms in total. The van der Waals surface area contributed by atoms with Gasteiger partial charge in [0.2, 0.25) is 0 Å². The van der Waals surface area contributed by atoms with Crippen molar-refractivity contribution in [2.75, 3.05) is 11.9 Å². The molecule has 1 atom stereocenters. The zero-order valence-electron chi connectivity index (χ0n) is 11.5. The Balaban J connectivity index is 2.45. The van der Waals surface area contributed by atoms with E-state index in [-0.39, 0.29) is 11.9 Å². The molecule has 0 fully saturated rings. The average molecular weight is 257 g/mol. The number of nitrogens with zero attached hydrogens (tertiary/aromatic N) is 3. The second-order valence-electron chi connectivity index (χ2n) is 4.84. The monoisotopic (exact) mass is 257 g/mol. The highest BCUT2D eigenvalue weighted by Crippen LogP contribution is 2.26. The molecule has 1 aromatic heterocycles. The maximum Gasteiger partial charge on any atom is 0.159 e. The second-order valence-corrected chi connectivity index (χ2v) is 4.84. The summed E-state index contributed by atoms with van der Waals surface area (Å²) in [6.45, 7) is 3.98. The molecule has 100 valence electrons. The van der Waals surface area contributed by atoms with E-state index in [1.807, 2.05) is 50.1 Å². The van der Waals surface area contributed by atoms with E-state index in [2.05, 4.69) is 10.2 Å². The fourth-order valence-electron chi connectivity index (χ4n) is 2.15. The summed E-state index contributed by atoms with van der Waals surface area (Å²) in [7, 11) is 1.96. The molecule has 3 N–H and O–H groups in total. The predicted molar refractivity (Wildman–Crippen MR) is 78.7 cm³/mol. The van der Waals surface area contributed by atoms with Crippen LogP contribution >= 0.6 is 0 Å². The maximum absolute atomic E-state index is 7.39. The van der Waals surface area contributed by atoms with E-state index in [4.69, 9.17) is 11.1 Å². The van der Waals surface area contributed by atoms with Gasteiger partial charge in [-0.1, -0.05) is 24.3 Å². The Morgan fingerprint density at radius 2 is 1.95 bits per heavy atom. The van der Waals surface area contributed by atoms with Crippen molar-refractivity contribution in [3.8, 4) is 0 Å². The highest BCUT2D eigenvalue weighted by molar-refractivity contribution is 5.93. The smallest absolute Gasteiger partial charge is 0.159 e. The topological polar surface area (TPSA) is 78.9 Å². The van der Waals surface area contributed by atoms with Crippen molar-refractivity contribution in [2.45, 2.75) is 26.3 Å². The fraction of sp³-hybridized carbons (Fsp3) is 0.357. The van der Waals surface area contributed by atoms with Crippen LogP contribution in [0.1, 0.15) is 19.0 Å². The lowest BCUT2D eigenvalue weighted by atomic mass is 10.1. The number of nitrogens with one attached hydrogen (secondary N) is 1. The fourth-order valence-corrected chi connectivity index (χ4v) is 2.15. The van der Waals surface area contributed by atoms with E-state index in [1.165, 1.54) is 0 Å². The Kier molecular flexibility index (Phi) is 3.64. The molecule has 0 aliphatic carbocycles. The van der Waals surface area contributed by atoms with Gasteiger partial charge in [-0.2, -0.15) is 5.10 Å². The number of anilines is 1. The number of hydrogen-bond acceptors (Lipinski definition) is 4. The van der Waals surface area contributed by atoms with Crippen LogP contribution in [0.4, 0.5) is 5.82 Å². The van der Waals surface area contributed by atoms with Gasteiger partial charge in [-0.15, -0.1) is 5.10 Å². The van der Waals surface area contributed by atoms with Crippen LogP contribution in [0.25, 0.3) is 10.8 Å². The minimum Gasteiger partial charge on any atom is -0.388 e. The molecule has 5 heteroatoms. The Hall–Kier alpha value is -2.17. The van der Waals surface area contributed by atoms with E-state index in [0.29, 0.717) is 6.42 Å². The molecule has 19 heavy (non-hydrogen) atoms. The van der Waals surface area contributed by atoms with Crippen molar-refractivity contribution in [2.24, 2.45) is 5.73 Å². The Morgan fingerprint density at radius 1 is 1.32 bits per heavy atom. The van der Waals surface area contributed by atoms with Crippen LogP contribution in [0.5, 0.6) is 0 Å². The predicted octanol–water partition coefficient (Wildman–Crippen LogP) is 2.09. The normalized spacial score (nSPS) is 12.4. The van der Waals surface area contributed by atoms with Gasteiger partial charge in [-0.25, -0.2) is 0 Å². The third-order valence-electron chi connectivity index (χ3n) is 3.36. The zero-order valence-corrected chi connectivity index (χ0v) is 11.5. The largest absolute Gasteiger partial charge is 0.388 e. The van der Waals surface area contributed by atoms with E-state index in [1.54, 1.807) is 0 Å². The van der Waals surface area contributed by atoms with Crippen molar-refractivity contribution < 1.29 is 0 Å². The van der Waals surface area contributed by atoms with E-state index in [0.717, 1.165) is 22.3 Å². The van der Waals surface area contributed by atoms with Gasteiger partial charge in [-0.05, 0) is 13.8 Å². The lowest BCUT2D eigenvalue weighted by molar-refractivity contribution is 0.696. The third-order valence-corrected chi connectivity index (χ3v) is 3.36. The van der Waals surface area contributed by atoms with Crippen molar-refractivity contribution in [1.29, 1.82) is 5.41 Å². The number of hydrogen-bond donors (Lipinski definition) is 2.